The molecule has 3 rings (SSSR count). The zero-order chi connectivity index (χ0) is 14.8. The van der Waals surface area contributed by atoms with Crippen molar-refractivity contribution in [2.75, 3.05) is 5.73 Å². The van der Waals surface area contributed by atoms with Crippen molar-refractivity contribution in [3.8, 4) is 18.0 Å². The molecule has 1 heterocycles. The molecular weight excluding hydrogens is 256 g/mol. The van der Waals surface area contributed by atoms with Gasteiger partial charge in [0.2, 0.25) is 0 Å². The van der Waals surface area contributed by atoms with Crippen LogP contribution in [0.15, 0.2) is 48.5 Å². The summed E-state index contributed by atoms with van der Waals surface area (Å²) in [6, 6.07) is 16.2. The smallest absolute Gasteiger partial charge is 0.101 e. The maximum absolute atomic E-state index is 6.24. The molecule has 0 fully saturated rings. The van der Waals surface area contributed by atoms with Gasteiger partial charge in [0.1, 0.15) is 5.69 Å². The molecule has 21 heavy (non-hydrogen) atoms. The summed E-state index contributed by atoms with van der Waals surface area (Å²) in [7, 11) is 0. The molecule has 3 aromatic rings. The van der Waals surface area contributed by atoms with Crippen LogP contribution in [0.4, 0.5) is 5.69 Å². The van der Waals surface area contributed by atoms with Crippen LogP contribution < -0.4 is 5.73 Å². The molecule has 2 N–H and O–H groups in total. The second-order valence-corrected chi connectivity index (χ2v) is 5.14. The first kappa shape index (κ1) is 13.3. The topological polar surface area (TPSA) is 30.9 Å². The molecule has 2 heteroatoms. The summed E-state index contributed by atoms with van der Waals surface area (Å²) in [5, 5.41) is 1.16. The molecule has 0 spiro atoms. The summed E-state index contributed by atoms with van der Waals surface area (Å²) < 4.78 is 2.11. The van der Waals surface area contributed by atoms with E-state index < -0.39 is 0 Å². The predicted molar refractivity (Wildman–Crippen MR) is 89.6 cm³/mol. The van der Waals surface area contributed by atoms with Gasteiger partial charge in [-0.15, -0.1) is 6.42 Å². The zero-order valence-electron chi connectivity index (χ0n) is 12.1. The fraction of sp³-hybridized carbons (Fsp3) is 0.158. The lowest BCUT2D eigenvalue weighted by Gasteiger charge is -2.09. The van der Waals surface area contributed by atoms with Gasteiger partial charge in [-0.3, -0.25) is 0 Å². The Labute approximate surface area is 125 Å². The Kier molecular flexibility index (Phi) is 3.41. The van der Waals surface area contributed by atoms with Crippen molar-refractivity contribution in [3.63, 3.8) is 0 Å². The van der Waals surface area contributed by atoms with E-state index in [1.165, 1.54) is 5.56 Å². The number of hydrogen-bond donors (Lipinski definition) is 1. The fourth-order valence-corrected chi connectivity index (χ4v) is 2.92. The van der Waals surface area contributed by atoms with Crippen molar-refractivity contribution in [3.05, 3.63) is 59.8 Å². The minimum Gasteiger partial charge on any atom is -0.397 e. The van der Waals surface area contributed by atoms with E-state index in [9.17, 15) is 0 Å². The highest BCUT2D eigenvalue weighted by Gasteiger charge is 2.17. The highest BCUT2D eigenvalue weighted by atomic mass is 15.0. The summed E-state index contributed by atoms with van der Waals surface area (Å²) in [5.74, 6) is 2.87. The molecule has 0 radical (unpaired) electrons. The third-order valence-corrected chi connectivity index (χ3v) is 3.78. The Balaban J connectivity index is 2.45. The Bertz CT molecular complexity index is 820. The Hall–Kier alpha value is -2.66. The fourth-order valence-electron chi connectivity index (χ4n) is 2.92. The summed E-state index contributed by atoms with van der Waals surface area (Å²) >= 11 is 0. The molecular formula is C19H18N2. The molecule has 0 aliphatic heterocycles. The maximum Gasteiger partial charge on any atom is 0.101 e. The van der Waals surface area contributed by atoms with Crippen LogP contribution in [0.1, 0.15) is 24.6 Å². The maximum atomic E-state index is 6.24. The highest BCUT2D eigenvalue weighted by Crippen LogP contribution is 2.33. The predicted octanol–water partition coefficient (Wildman–Crippen LogP) is 4.15. The van der Waals surface area contributed by atoms with E-state index in [0.29, 0.717) is 0 Å². The van der Waals surface area contributed by atoms with E-state index in [1.807, 2.05) is 30.3 Å². The minimum absolute atomic E-state index is 0.759. The van der Waals surface area contributed by atoms with E-state index in [4.69, 9.17) is 12.2 Å². The van der Waals surface area contributed by atoms with Crippen molar-refractivity contribution in [1.29, 1.82) is 0 Å². The number of fused-ring (bicyclic) bond motifs is 1. The summed E-state index contributed by atoms with van der Waals surface area (Å²) in [4.78, 5) is 0. The largest absolute Gasteiger partial charge is 0.397 e. The Morgan fingerprint density at radius 3 is 2.52 bits per heavy atom. The number of para-hydroxylation sites is 2. The van der Waals surface area contributed by atoms with Crippen molar-refractivity contribution < 1.29 is 0 Å². The second-order valence-electron chi connectivity index (χ2n) is 5.14. The van der Waals surface area contributed by atoms with Gasteiger partial charge in [0.25, 0.3) is 0 Å². The average molecular weight is 274 g/mol. The number of anilines is 1. The quantitative estimate of drug-likeness (QED) is 0.564. The first-order valence-electron chi connectivity index (χ1n) is 7.21. The van der Waals surface area contributed by atoms with E-state index in [1.54, 1.807) is 0 Å². The van der Waals surface area contributed by atoms with Crippen molar-refractivity contribution in [1.82, 2.24) is 4.57 Å². The van der Waals surface area contributed by atoms with Crippen molar-refractivity contribution >= 4 is 16.6 Å². The van der Waals surface area contributed by atoms with Gasteiger partial charge >= 0.3 is 0 Å². The number of terminal acetylenes is 1. The van der Waals surface area contributed by atoms with E-state index in [-0.39, 0.29) is 0 Å². The highest BCUT2D eigenvalue weighted by molar-refractivity contribution is 5.96. The van der Waals surface area contributed by atoms with Crippen LogP contribution in [-0.4, -0.2) is 4.57 Å². The van der Waals surface area contributed by atoms with Gasteiger partial charge in [-0.2, -0.15) is 0 Å². The molecule has 0 amide bonds. The van der Waals surface area contributed by atoms with Crippen LogP contribution in [0, 0.1) is 12.3 Å². The summed E-state index contributed by atoms with van der Waals surface area (Å²) in [6.45, 7) is 2.16. The van der Waals surface area contributed by atoms with Crippen LogP contribution in [0.2, 0.25) is 0 Å². The van der Waals surface area contributed by atoms with E-state index in [0.717, 1.165) is 40.8 Å². The summed E-state index contributed by atoms with van der Waals surface area (Å²) in [5.41, 5.74) is 11.2. The first-order chi connectivity index (χ1) is 10.3. The number of nitrogens with zero attached hydrogens (tertiary/aromatic N) is 1. The van der Waals surface area contributed by atoms with Gasteiger partial charge in [-0.25, -0.2) is 0 Å². The summed E-state index contributed by atoms with van der Waals surface area (Å²) in [6.07, 6.45) is 7.83. The van der Waals surface area contributed by atoms with E-state index in [2.05, 4.69) is 35.6 Å². The third-order valence-electron chi connectivity index (χ3n) is 3.78. The van der Waals surface area contributed by atoms with Gasteiger partial charge in [-0.1, -0.05) is 49.6 Å². The van der Waals surface area contributed by atoms with Gasteiger partial charge in [0.15, 0.2) is 0 Å². The molecule has 2 nitrogen and oxygen atoms in total. The monoisotopic (exact) mass is 274 g/mol. The molecule has 0 saturated heterocycles. The number of nitrogen functional groups attached to an aromatic ring is 1. The number of rotatable bonds is 3. The van der Waals surface area contributed by atoms with E-state index >= 15 is 0 Å². The van der Waals surface area contributed by atoms with Crippen LogP contribution in [0.3, 0.4) is 0 Å². The minimum atomic E-state index is 0.759. The molecule has 1 aromatic heterocycles. The molecule has 0 aliphatic rings. The Morgan fingerprint density at radius 2 is 1.86 bits per heavy atom. The van der Waals surface area contributed by atoms with Gasteiger partial charge < -0.3 is 10.3 Å². The van der Waals surface area contributed by atoms with Crippen molar-refractivity contribution in [2.45, 2.75) is 19.8 Å². The molecule has 104 valence electrons. The standard InChI is InChI=1S/C19H18N2/c1-3-9-15-16-12-8-13-17(20)19(16)21(18(15)4-2)14-10-6-5-7-11-14/h2,5-8,10-13H,3,9,20H2,1H3. The van der Waals surface area contributed by atoms with Crippen LogP contribution in [0.5, 0.6) is 0 Å². The van der Waals surface area contributed by atoms with Gasteiger partial charge in [-0.05, 0) is 30.2 Å². The van der Waals surface area contributed by atoms with Crippen LogP contribution >= 0.6 is 0 Å². The third kappa shape index (κ3) is 2.08. The second kappa shape index (κ2) is 5.38. The zero-order valence-corrected chi connectivity index (χ0v) is 12.1. The number of benzene rings is 2. The molecule has 2 aromatic carbocycles. The lowest BCUT2D eigenvalue weighted by atomic mass is 10.1. The van der Waals surface area contributed by atoms with Gasteiger partial charge in [0.05, 0.1) is 11.2 Å². The Morgan fingerprint density at radius 1 is 1.10 bits per heavy atom. The lowest BCUT2D eigenvalue weighted by Crippen LogP contribution is -2.00. The number of hydrogen-bond acceptors (Lipinski definition) is 1. The first-order valence-corrected chi connectivity index (χ1v) is 7.21. The van der Waals surface area contributed by atoms with Gasteiger partial charge in [0, 0.05) is 11.1 Å². The SMILES string of the molecule is C#Cc1c(CCC)c2cccc(N)c2n1-c1ccccc1. The molecule has 0 aliphatic carbocycles. The molecule has 0 saturated carbocycles. The molecule has 0 atom stereocenters. The average Bonchev–Trinajstić information content (AvgIpc) is 2.84. The lowest BCUT2D eigenvalue weighted by molar-refractivity contribution is 0.917. The normalized spacial score (nSPS) is 10.7. The number of nitrogens with two attached hydrogens (primary N) is 1. The van der Waals surface area contributed by atoms with Crippen LogP contribution in [-0.2, 0) is 6.42 Å². The van der Waals surface area contributed by atoms with Crippen LogP contribution in [0.25, 0.3) is 16.6 Å². The number of aromatic nitrogens is 1. The number of aryl methyl sites for hydroxylation is 1. The van der Waals surface area contributed by atoms with Crippen molar-refractivity contribution in [2.24, 2.45) is 0 Å². The molecule has 0 bridgehead atoms. The molecule has 0 unspecified atom stereocenters.